The van der Waals surface area contributed by atoms with Crippen LogP contribution in [-0.2, 0) is 11.3 Å². The molecule has 0 saturated heterocycles. The van der Waals surface area contributed by atoms with Crippen LogP contribution in [0.15, 0.2) is 33.9 Å². The van der Waals surface area contributed by atoms with Crippen LogP contribution in [-0.4, -0.2) is 28.5 Å². The molecule has 2 rings (SSSR count). The number of carbonyl (C=O) groups excluding carboxylic acids is 1. The highest BCUT2D eigenvalue weighted by atomic mass is 19.1. The van der Waals surface area contributed by atoms with Gasteiger partial charge in [0.1, 0.15) is 17.3 Å². The van der Waals surface area contributed by atoms with Crippen LogP contribution in [0.25, 0.3) is 0 Å². The minimum atomic E-state index is -0.648. The van der Waals surface area contributed by atoms with E-state index in [9.17, 15) is 18.8 Å². The smallest absolute Gasteiger partial charge is 0.330 e. The molecule has 0 spiro atoms. The number of nitrogens with one attached hydrogen (secondary N) is 2. The third-order valence-corrected chi connectivity index (χ3v) is 4.09. The Hall–Kier alpha value is -3.10. The standard InChI is InChI=1S/C18H24FN5O3/c1-3-5-9-24-16(20)15(17(26)22-18(24)27)23(4-2)11-14(25)21-13-8-6-7-12(19)10-13/h6-8,10H,3-5,9,11,20H2,1-2H3,(H,21,25)(H,22,26,27). The number of likely N-dealkylation sites (N-methyl/N-ethyl adjacent to an activating group) is 1. The van der Waals surface area contributed by atoms with Gasteiger partial charge in [-0.05, 0) is 31.5 Å². The van der Waals surface area contributed by atoms with Crippen LogP contribution >= 0.6 is 0 Å². The van der Waals surface area contributed by atoms with Gasteiger partial charge >= 0.3 is 5.69 Å². The van der Waals surface area contributed by atoms with Crippen LogP contribution in [0.5, 0.6) is 0 Å². The molecule has 0 bridgehead atoms. The molecule has 0 saturated carbocycles. The molecule has 1 aromatic heterocycles. The zero-order valence-corrected chi connectivity index (χ0v) is 15.4. The number of rotatable bonds is 8. The van der Waals surface area contributed by atoms with Crippen molar-refractivity contribution in [3.63, 3.8) is 0 Å². The van der Waals surface area contributed by atoms with E-state index in [1.165, 1.54) is 27.7 Å². The van der Waals surface area contributed by atoms with Gasteiger partial charge in [0, 0.05) is 18.8 Å². The van der Waals surface area contributed by atoms with E-state index in [1.807, 2.05) is 6.92 Å². The van der Waals surface area contributed by atoms with Gasteiger partial charge in [-0.25, -0.2) is 9.18 Å². The summed E-state index contributed by atoms with van der Waals surface area (Å²) in [6.07, 6.45) is 1.58. The zero-order valence-electron chi connectivity index (χ0n) is 15.4. The molecule has 0 aliphatic rings. The molecule has 0 radical (unpaired) electrons. The second-order valence-electron chi connectivity index (χ2n) is 6.07. The number of aromatic nitrogens is 2. The lowest BCUT2D eigenvalue weighted by atomic mass is 10.3. The van der Waals surface area contributed by atoms with Gasteiger partial charge in [-0.3, -0.25) is 19.1 Å². The molecule has 0 atom stereocenters. The van der Waals surface area contributed by atoms with Crippen molar-refractivity contribution in [3.05, 3.63) is 50.9 Å². The highest BCUT2D eigenvalue weighted by Gasteiger charge is 2.20. The molecular formula is C18H24FN5O3. The first-order chi connectivity index (χ1) is 12.9. The molecule has 0 aliphatic carbocycles. The molecule has 4 N–H and O–H groups in total. The third kappa shape index (κ3) is 4.96. The first kappa shape index (κ1) is 20.2. The van der Waals surface area contributed by atoms with Gasteiger partial charge in [-0.15, -0.1) is 0 Å². The predicted molar refractivity (Wildman–Crippen MR) is 104 cm³/mol. The van der Waals surface area contributed by atoms with E-state index in [-0.39, 0.29) is 18.1 Å². The number of unbranched alkanes of at least 4 members (excludes halogenated alkanes) is 1. The van der Waals surface area contributed by atoms with Gasteiger partial charge in [-0.2, -0.15) is 0 Å². The van der Waals surface area contributed by atoms with Gasteiger partial charge in [-0.1, -0.05) is 19.4 Å². The number of nitrogens with zero attached hydrogens (tertiary/aromatic N) is 2. The van der Waals surface area contributed by atoms with Crippen molar-refractivity contribution < 1.29 is 9.18 Å². The van der Waals surface area contributed by atoms with Crippen molar-refractivity contribution in [2.75, 3.05) is 29.0 Å². The van der Waals surface area contributed by atoms with E-state index in [0.29, 0.717) is 18.8 Å². The number of anilines is 3. The van der Waals surface area contributed by atoms with Crippen molar-refractivity contribution in [3.8, 4) is 0 Å². The molecule has 1 amide bonds. The predicted octanol–water partition coefficient (Wildman–Crippen LogP) is 1.52. The summed E-state index contributed by atoms with van der Waals surface area (Å²) in [4.78, 5) is 40.4. The maximum Gasteiger partial charge on any atom is 0.330 e. The molecule has 27 heavy (non-hydrogen) atoms. The average Bonchev–Trinajstić information content (AvgIpc) is 2.60. The molecule has 0 unspecified atom stereocenters. The normalized spacial score (nSPS) is 10.6. The van der Waals surface area contributed by atoms with Crippen LogP contribution in [0.4, 0.5) is 21.6 Å². The number of nitrogen functional groups attached to an aromatic ring is 1. The molecule has 9 heteroatoms. The maximum absolute atomic E-state index is 13.2. The number of aromatic amines is 1. The molecule has 1 heterocycles. The Bertz CT molecular complexity index is 922. The number of carbonyl (C=O) groups is 1. The lowest BCUT2D eigenvalue weighted by Crippen LogP contribution is -2.41. The number of amides is 1. The fraction of sp³-hybridized carbons (Fsp3) is 0.389. The molecule has 2 aromatic rings. The number of hydrogen-bond donors (Lipinski definition) is 3. The third-order valence-electron chi connectivity index (χ3n) is 4.09. The van der Waals surface area contributed by atoms with Crippen LogP contribution in [0.2, 0.25) is 0 Å². The molecule has 1 aromatic carbocycles. The molecule has 0 aliphatic heterocycles. The Morgan fingerprint density at radius 1 is 1.33 bits per heavy atom. The van der Waals surface area contributed by atoms with Crippen LogP contribution in [0, 0.1) is 5.82 Å². The van der Waals surface area contributed by atoms with Crippen molar-refractivity contribution in [1.82, 2.24) is 9.55 Å². The lowest BCUT2D eigenvalue weighted by Gasteiger charge is -2.24. The van der Waals surface area contributed by atoms with Crippen molar-refractivity contribution in [2.24, 2.45) is 0 Å². The summed E-state index contributed by atoms with van der Waals surface area (Å²) in [6, 6.07) is 5.51. The first-order valence-electron chi connectivity index (χ1n) is 8.80. The van der Waals surface area contributed by atoms with Crippen LogP contribution in [0.1, 0.15) is 26.7 Å². The quantitative estimate of drug-likeness (QED) is 0.646. The number of benzene rings is 1. The highest BCUT2D eigenvalue weighted by Crippen LogP contribution is 2.17. The van der Waals surface area contributed by atoms with E-state index in [1.54, 1.807) is 13.0 Å². The van der Waals surface area contributed by atoms with E-state index in [4.69, 9.17) is 5.73 Å². The molecule has 0 fully saturated rings. The SMILES string of the molecule is CCCCn1c(N)c(N(CC)CC(=O)Nc2cccc(F)c2)c(=O)[nH]c1=O. The maximum atomic E-state index is 13.2. The van der Waals surface area contributed by atoms with Crippen molar-refractivity contribution in [1.29, 1.82) is 0 Å². The van der Waals surface area contributed by atoms with Crippen molar-refractivity contribution >= 4 is 23.1 Å². The Labute approximate surface area is 155 Å². The summed E-state index contributed by atoms with van der Waals surface area (Å²) in [5.41, 5.74) is 5.23. The molecule has 8 nitrogen and oxygen atoms in total. The summed E-state index contributed by atoms with van der Waals surface area (Å²) in [5, 5.41) is 2.57. The molecule has 146 valence electrons. The number of halogens is 1. The van der Waals surface area contributed by atoms with Gasteiger partial charge in [0.05, 0.1) is 6.54 Å². The zero-order chi connectivity index (χ0) is 20.0. The Balaban J connectivity index is 2.27. The Kier molecular flexibility index (Phi) is 6.75. The fourth-order valence-corrected chi connectivity index (χ4v) is 2.71. The largest absolute Gasteiger partial charge is 0.383 e. The van der Waals surface area contributed by atoms with Gasteiger partial charge in [0.2, 0.25) is 5.91 Å². The molecular weight excluding hydrogens is 353 g/mol. The second-order valence-corrected chi connectivity index (χ2v) is 6.07. The number of nitrogens with two attached hydrogens (primary N) is 1. The average molecular weight is 377 g/mol. The highest BCUT2D eigenvalue weighted by molar-refractivity contribution is 5.94. The van der Waals surface area contributed by atoms with Crippen LogP contribution < -0.4 is 27.2 Å². The van der Waals surface area contributed by atoms with E-state index in [2.05, 4.69) is 10.3 Å². The van der Waals surface area contributed by atoms with Gasteiger partial charge in [0.15, 0.2) is 0 Å². The number of H-pyrrole nitrogens is 1. The number of hydrogen-bond acceptors (Lipinski definition) is 5. The first-order valence-corrected chi connectivity index (χ1v) is 8.80. The van der Waals surface area contributed by atoms with E-state index in [0.717, 1.165) is 12.8 Å². The van der Waals surface area contributed by atoms with E-state index >= 15 is 0 Å². The topological polar surface area (TPSA) is 113 Å². The van der Waals surface area contributed by atoms with Gasteiger partial charge in [0.25, 0.3) is 5.56 Å². The summed E-state index contributed by atoms with van der Waals surface area (Å²) in [5.74, 6) is -0.881. The summed E-state index contributed by atoms with van der Waals surface area (Å²) < 4.78 is 14.5. The minimum Gasteiger partial charge on any atom is -0.383 e. The summed E-state index contributed by atoms with van der Waals surface area (Å²) >= 11 is 0. The van der Waals surface area contributed by atoms with E-state index < -0.39 is 23.0 Å². The minimum absolute atomic E-state index is 0.0256. The van der Waals surface area contributed by atoms with Crippen molar-refractivity contribution in [2.45, 2.75) is 33.2 Å². The summed E-state index contributed by atoms with van der Waals surface area (Å²) in [6.45, 7) is 4.25. The second kappa shape index (κ2) is 9.02. The monoisotopic (exact) mass is 377 g/mol. The lowest BCUT2D eigenvalue weighted by molar-refractivity contribution is -0.115. The summed E-state index contributed by atoms with van der Waals surface area (Å²) in [7, 11) is 0. The Morgan fingerprint density at radius 2 is 2.07 bits per heavy atom. The van der Waals surface area contributed by atoms with Gasteiger partial charge < -0.3 is 16.0 Å². The van der Waals surface area contributed by atoms with Crippen LogP contribution in [0.3, 0.4) is 0 Å². The fourth-order valence-electron chi connectivity index (χ4n) is 2.71. The Morgan fingerprint density at radius 3 is 2.70 bits per heavy atom.